The van der Waals surface area contributed by atoms with Crippen LogP contribution in [0.25, 0.3) is 0 Å². The fraction of sp³-hybridized carbons (Fsp3) is 0.667. The molecule has 0 amide bonds. The summed E-state index contributed by atoms with van der Waals surface area (Å²) >= 11 is 0. The molecule has 0 aliphatic rings. The summed E-state index contributed by atoms with van der Waals surface area (Å²) in [6.07, 6.45) is 3.04. The lowest BCUT2D eigenvalue weighted by molar-refractivity contribution is 0.234. The number of hydrogen-bond acceptors (Lipinski definition) is 2. The van der Waals surface area contributed by atoms with Crippen LogP contribution in [-0.2, 0) is 4.43 Å². The molecule has 3 heteroatoms. The summed E-state index contributed by atoms with van der Waals surface area (Å²) in [4.78, 5) is 0. The van der Waals surface area contributed by atoms with E-state index in [0.717, 1.165) is 5.57 Å². The molecule has 0 rings (SSSR count). The quantitative estimate of drug-likeness (QED) is 0.463. The third-order valence-electron chi connectivity index (χ3n) is 3.57. The molecule has 0 saturated heterocycles. The van der Waals surface area contributed by atoms with Gasteiger partial charge in [0.25, 0.3) is 0 Å². The molecule has 0 aromatic rings. The van der Waals surface area contributed by atoms with Crippen LogP contribution in [0.15, 0.2) is 30.0 Å². The molecule has 2 atom stereocenters. The summed E-state index contributed by atoms with van der Waals surface area (Å²) in [6.45, 7) is 18.4. The minimum Gasteiger partial charge on any atom is -0.411 e. The molecule has 104 valence electrons. The van der Waals surface area contributed by atoms with Crippen molar-refractivity contribution in [3.8, 4) is 0 Å². The monoisotopic (exact) mass is 268 g/mol. The standard InChI is InChI=1S/C15H28O2Si/c1-9-12(2)14(16)11-10-13(3)17-18(7,8)15(4,5)6/h10-11,13-14,16H,1H2,2-8H3/b11-10+/t13-,14?/m0/s1. The molecule has 0 spiro atoms. The maximum absolute atomic E-state index is 9.75. The van der Waals surface area contributed by atoms with Crippen LogP contribution in [-0.4, -0.2) is 25.6 Å². The van der Waals surface area contributed by atoms with Crippen molar-refractivity contribution in [2.24, 2.45) is 0 Å². The van der Waals surface area contributed by atoms with Gasteiger partial charge in [0.15, 0.2) is 8.32 Å². The summed E-state index contributed by atoms with van der Waals surface area (Å²) in [5.41, 5.74) is 3.42. The van der Waals surface area contributed by atoms with E-state index in [4.69, 9.17) is 4.43 Å². The first-order valence-electron chi connectivity index (χ1n) is 6.42. The summed E-state index contributed by atoms with van der Waals surface area (Å²) in [7, 11) is -1.74. The molecule has 2 nitrogen and oxygen atoms in total. The molecule has 0 heterocycles. The van der Waals surface area contributed by atoms with E-state index in [0.29, 0.717) is 0 Å². The largest absolute Gasteiger partial charge is 0.411 e. The Morgan fingerprint density at radius 2 is 1.83 bits per heavy atom. The van der Waals surface area contributed by atoms with Crippen LogP contribution in [0.1, 0.15) is 34.6 Å². The molecule has 1 unspecified atom stereocenters. The van der Waals surface area contributed by atoms with Crippen LogP contribution >= 0.6 is 0 Å². The first-order valence-corrected chi connectivity index (χ1v) is 9.33. The highest BCUT2D eigenvalue weighted by molar-refractivity contribution is 6.74. The van der Waals surface area contributed by atoms with E-state index in [1.54, 1.807) is 13.0 Å². The lowest BCUT2D eigenvalue weighted by Crippen LogP contribution is -2.42. The Morgan fingerprint density at radius 3 is 2.22 bits per heavy atom. The third-order valence-corrected chi connectivity index (χ3v) is 8.15. The van der Waals surface area contributed by atoms with Crippen LogP contribution in [0.2, 0.25) is 18.1 Å². The normalized spacial score (nSPS) is 16.4. The highest BCUT2D eigenvalue weighted by Crippen LogP contribution is 2.37. The van der Waals surface area contributed by atoms with Crippen molar-refractivity contribution in [1.29, 1.82) is 0 Å². The topological polar surface area (TPSA) is 29.5 Å². The molecule has 0 bridgehead atoms. The van der Waals surface area contributed by atoms with E-state index in [1.807, 2.05) is 13.0 Å². The first kappa shape index (κ1) is 17.4. The van der Waals surface area contributed by atoms with Crippen molar-refractivity contribution in [3.05, 3.63) is 30.0 Å². The van der Waals surface area contributed by atoms with Crippen molar-refractivity contribution in [2.45, 2.75) is 65.0 Å². The minimum atomic E-state index is -1.74. The SMILES string of the molecule is C=C=C(C)C(O)/C=C/[C@H](C)O[Si](C)(C)C(C)(C)C. The molecule has 0 aliphatic carbocycles. The smallest absolute Gasteiger partial charge is 0.192 e. The molecule has 0 saturated carbocycles. The van der Waals surface area contributed by atoms with Gasteiger partial charge in [0.1, 0.15) is 6.10 Å². The zero-order valence-electron chi connectivity index (χ0n) is 12.9. The second-order valence-corrected chi connectivity index (χ2v) is 11.0. The Kier molecular flexibility index (Phi) is 6.31. The number of aliphatic hydroxyl groups is 1. The highest BCUT2D eigenvalue weighted by atomic mass is 28.4. The van der Waals surface area contributed by atoms with Gasteiger partial charge >= 0.3 is 0 Å². The van der Waals surface area contributed by atoms with E-state index in [1.165, 1.54) is 0 Å². The second-order valence-electron chi connectivity index (χ2n) is 6.27. The molecule has 0 aromatic heterocycles. The predicted octanol–water partition coefficient (Wildman–Crippen LogP) is 4.05. The number of rotatable bonds is 5. The second kappa shape index (κ2) is 6.53. The zero-order valence-corrected chi connectivity index (χ0v) is 13.9. The van der Waals surface area contributed by atoms with Crippen molar-refractivity contribution >= 4 is 8.32 Å². The minimum absolute atomic E-state index is 0.0122. The molecule has 0 fully saturated rings. The summed E-state index contributed by atoms with van der Waals surface area (Å²) in [5, 5.41) is 9.95. The average molecular weight is 268 g/mol. The van der Waals surface area contributed by atoms with E-state index < -0.39 is 14.4 Å². The van der Waals surface area contributed by atoms with Gasteiger partial charge in [-0.3, -0.25) is 0 Å². The molecule has 0 aliphatic heterocycles. The summed E-state index contributed by atoms with van der Waals surface area (Å²) < 4.78 is 6.16. The van der Waals surface area contributed by atoms with Crippen molar-refractivity contribution < 1.29 is 9.53 Å². The summed E-state index contributed by atoms with van der Waals surface area (Å²) in [6, 6.07) is 0. The van der Waals surface area contributed by atoms with Crippen LogP contribution < -0.4 is 0 Å². The third kappa shape index (κ3) is 5.36. The Hall–Kier alpha value is -0.603. The van der Waals surface area contributed by atoms with E-state index in [2.05, 4.69) is 46.2 Å². The van der Waals surface area contributed by atoms with E-state index in [9.17, 15) is 5.11 Å². The average Bonchev–Trinajstić information content (AvgIpc) is 2.22. The van der Waals surface area contributed by atoms with Crippen LogP contribution in [0.3, 0.4) is 0 Å². The predicted molar refractivity (Wildman–Crippen MR) is 81.2 cm³/mol. The highest BCUT2D eigenvalue weighted by Gasteiger charge is 2.37. The van der Waals surface area contributed by atoms with Gasteiger partial charge in [-0.1, -0.05) is 39.5 Å². The van der Waals surface area contributed by atoms with Crippen LogP contribution in [0.4, 0.5) is 0 Å². The number of hydrogen-bond donors (Lipinski definition) is 1. The Bertz CT molecular complexity index is 344. The molecule has 18 heavy (non-hydrogen) atoms. The molecular formula is C15H28O2Si. The van der Waals surface area contributed by atoms with Gasteiger partial charge in [0, 0.05) is 5.57 Å². The Balaban J connectivity index is 4.58. The van der Waals surface area contributed by atoms with Gasteiger partial charge in [0.05, 0.1) is 6.10 Å². The molecule has 0 radical (unpaired) electrons. The fourth-order valence-corrected chi connectivity index (χ4v) is 2.55. The maximum atomic E-state index is 9.75. The van der Waals surface area contributed by atoms with Gasteiger partial charge in [-0.25, -0.2) is 0 Å². The van der Waals surface area contributed by atoms with Gasteiger partial charge in [0.2, 0.25) is 0 Å². The van der Waals surface area contributed by atoms with Gasteiger partial charge in [-0.15, -0.1) is 5.73 Å². The Labute approximate surface area is 113 Å². The van der Waals surface area contributed by atoms with Crippen LogP contribution in [0.5, 0.6) is 0 Å². The zero-order chi connectivity index (χ0) is 14.6. The van der Waals surface area contributed by atoms with E-state index in [-0.39, 0.29) is 11.1 Å². The van der Waals surface area contributed by atoms with Crippen molar-refractivity contribution in [3.63, 3.8) is 0 Å². The fourth-order valence-electron chi connectivity index (χ4n) is 1.19. The Morgan fingerprint density at radius 1 is 1.33 bits per heavy atom. The lowest BCUT2D eigenvalue weighted by Gasteiger charge is -2.37. The maximum Gasteiger partial charge on any atom is 0.192 e. The molecule has 1 N–H and O–H groups in total. The van der Waals surface area contributed by atoms with Crippen LogP contribution in [0, 0.1) is 0 Å². The molecule has 0 aromatic carbocycles. The lowest BCUT2D eigenvalue weighted by atomic mass is 10.1. The van der Waals surface area contributed by atoms with Gasteiger partial charge < -0.3 is 9.53 Å². The first-order chi connectivity index (χ1) is 8.01. The van der Waals surface area contributed by atoms with Crippen molar-refractivity contribution in [2.75, 3.05) is 0 Å². The van der Waals surface area contributed by atoms with E-state index >= 15 is 0 Å². The molecular weight excluding hydrogens is 240 g/mol. The van der Waals surface area contributed by atoms with Crippen molar-refractivity contribution in [1.82, 2.24) is 0 Å². The van der Waals surface area contributed by atoms with Gasteiger partial charge in [-0.2, -0.15) is 0 Å². The summed E-state index contributed by atoms with van der Waals surface area (Å²) in [5.74, 6) is 0. The van der Waals surface area contributed by atoms with Gasteiger partial charge in [-0.05, 0) is 32.0 Å². The number of aliphatic hydroxyl groups excluding tert-OH is 1.